The van der Waals surface area contributed by atoms with Crippen molar-refractivity contribution in [3.8, 4) is 33.8 Å². The number of likely N-dealkylation sites (tertiary alicyclic amines) is 1. The quantitative estimate of drug-likeness (QED) is 0.267. The molecule has 38 heavy (non-hydrogen) atoms. The molecule has 0 radical (unpaired) electrons. The largest absolute Gasteiger partial charge is 0.337 e. The number of pyridine rings is 1. The summed E-state index contributed by atoms with van der Waals surface area (Å²) in [7, 11) is 0. The number of H-pyrrole nitrogens is 2. The maximum Gasteiger partial charge on any atom is 0.159 e. The zero-order chi connectivity index (χ0) is 25.5. The summed E-state index contributed by atoms with van der Waals surface area (Å²) in [5.74, 6) is 0.403. The summed E-state index contributed by atoms with van der Waals surface area (Å²) in [6.07, 6.45) is 7.79. The van der Waals surface area contributed by atoms with E-state index in [1.807, 2.05) is 36.7 Å². The Morgan fingerprint density at radius 2 is 1.71 bits per heavy atom. The molecule has 0 spiro atoms. The van der Waals surface area contributed by atoms with Crippen molar-refractivity contribution in [1.82, 2.24) is 30.0 Å². The Labute approximate surface area is 219 Å². The number of rotatable bonds is 5. The maximum absolute atomic E-state index is 13.9. The molecule has 0 unspecified atom stereocenters. The highest BCUT2D eigenvalue weighted by Gasteiger charge is 2.17. The number of halogens is 1. The van der Waals surface area contributed by atoms with Crippen LogP contribution in [0.2, 0.25) is 0 Å². The number of hydrogen-bond acceptors (Lipinski definition) is 4. The smallest absolute Gasteiger partial charge is 0.159 e. The summed E-state index contributed by atoms with van der Waals surface area (Å²) < 4.78 is 13.9. The molecule has 3 aromatic carbocycles. The van der Waals surface area contributed by atoms with E-state index in [2.05, 4.69) is 49.3 Å². The van der Waals surface area contributed by atoms with E-state index in [9.17, 15) is 4.39 Å². The summed E-state index contributed by atoms with van der Waals surface area (Å²) in [6.45, 7) is 3.26. The van der Waals surface area contributed by atoms with Gasteiger partial charge in [0.05, 0.1) is 16.6 Å². The molecule has 1 fully saturated rings. The van der Waals surface area contributed by atoms with Crippen molar-refractivity contribution in [2.24, 2.45) is 0 Å². The van der Waals surface area contributed by atoms with Gasteiger partial charge in [0.2, 0.25) is 0 Å². The van der Waals surface area contributed by atoms with Crippen LogP contribution in [0.5, 0.6) is 0 Å². The highest BCUT2D eigenvalue weighted by Crippen LogP contribution is 2.33. The normalized spacial score (nSPS) is 14.4. The van der Waals surface area contributed by atoms with E-state index in [1.54, 1.807) is 6.07 Å². The molecule has 2 N–H and O–H groups in total. The Balaban J connectivity index is 1.26. The molecule has 1 aliphatic rings. The van der Waals surface area contributed by atoms with Gasteiger partial charge in [-0.15, -0.1) is 0 Å². The van der Waals surface area contributed by atoms with E-state index in [0.717, 1.165) is 69.5 Å². The van der Waals surface area contributed by atoms with E-state index >= 15 is 0 Å². The van der Waals surface area contributed by atoms with E-state index in [0.29, 0.717) is 5.82 Å². The first-order chi connectivity index (χ1) is 18.7. The van der Waals surface area contributed by atoms with Crippen molar-refractivity contribution < 1.29 is 4.39 Å². The molecule has 4 heterocycles. The second-order valence-electron chi connectivity index (χ2n) is 10.0. The summed E-state index contributed by atoms with van der Waals surface area (Å²) in [5, 5.41) is 8.73. The van der Waals surface area contributed by atoms with Gasteiger partial charge in [0, 0.05) is 35.5 Å². The number of benzene rings is 3. The summed E-state index contributed by atoms with van der Waals surface area (Å²) in [5.41, 5.74) is 8.43. The van der Waals surface area contributed by atoms with Gasteiger partial charge in [-0.25, -0.2) is 9.37 Å². The standard InChI is InChI=1S/C31H27FN6/c32-24-7-4-6-22(15-24)25-8-5-9-28-29(25)35-31(34-28)30-26-16-21(10-11-27(26)36-37-30)23-14-20(17-33-18-23)19-38-12-2-1-3-13-38/h4-11,14-18H,1-3,12-13,19H2,(H,34,35)(H,36,37). The highest BCUT2D eigenvalue weighted by molar-refractivity contribution is 5.98. The van der Waals surface area contributed by atoms with Crippen LogP contribution in [0.4, 0.5) is 4.39 Å². The van der Waals surface area contributed by atoms with Gasteiger partial charge in [0.15, 0.2) is 5.82 Å². The lowest BCUT2D eigenvalue weighted by Crippen LogP contribution is -2.29. The van der Waals surface area contributed by atoms with Gasteiger partial charge >= 0.3 is 0 Å². The van der Waals surface area contributed by atoms with Gasteiger partial charge < -0.3 is 4.98 Å². The van der Waals surface area contributed by atoms with Crippen molar-refractivity contribution in [1.29, 1.82) is 0 Å². The first-order valence-corrected chi connectivity index (χ1v) is 13.1. The molecule has 0 aliphatic carbocycles. The van der Waals surface area contributed by atoms with Gasteiger partial charge in [-0.1, -0.05) is 36.8 Å². The zero-order valence-electron chi connectivity index (χ0n) is 20.9. The molecule has 7 heteroatoms. The lowest BCUT2D eigenvalue weighted by atomic mass is 10.0. The van der Waals surface area contributed by atoms with Crippen LogP contribution < -0.4 is 0 Å². The van der Waals surface area contributed by atoms with Crippen molar-refractivity contribution in [3.05, 3.63) is 90.5 Å². The van der Waals surface area contributed by atoms with Crippen molar-refractivity contribution in [2.45, 2.75) is 25.8 Å². The first kappa shape index (κ1) is 22.8. The molecule has 0 atom stereocenters. The fourth-order valence-electron chi connectivity index (χ4n) is 5.51. The third kappa shape index (κ3) is 4.25. The van der Waals surface area contributed by atoms with Crippen molar-refractivity contribution in [3.63, 3.8) is 0 Å². The molecule has 188 valence electrons. The average Bonchev–Trinajstić information content (AvgIpc) is 3.57. The highest BCUT2D eigenvalue weighted by atomic mass is 19.1. The first-order valence-electron chi connectivity index (χ1n) is 13.1. The molecule has 0 saturated carbocycles. The number of para-hydroxylation sites is 1. The third-order valence-corrected chi connectivity index (χ3v) is 7.42. The Hall–Kier alpha value is -4.36. The number of fused-ring (bicyclic) bond motifs is 2. The topological polar surface area (TPSA) is 73.5 Å². The molecule has 6 aromatic rings. The van der Waals surface area contributed by atoms with Gasteiger partial charge in [0.1, 0.15) is 11.5 Å². The minimum absolute atomic E-state index is 0.268. The lowest BCUT2D eigenvalue weighted by Gasteiger charge is -2.26. The Morgan fingerprint density at radius 1 is 0.816 bits per heavy atom. The van der Waals surface area contributed by atoms with Gasteiger partial charge in [-0.2, -0.15) is 5.10 Å². The van der Waals surface area contributed by atoms with Crippen LogP contribution in [-0.2, 0) is 6.54 Å². The number of hydrogen-bond donors (Lipinski definition) is 2. The van der Waals surface area contributed by atoms with Crippen LogP contribution in [0.3, 0.4) is 0 Å². The Morgan fingerprint density at radius 3 is 2.61 bits per heavy atom. The number of aromatic amines is 2. The minimum Gasteiger partial charge on any atom is -0.337 e. The lowest BCUT2D eigenvalue weighted by molar-refractivity contribution is 0.220. The number of nitrogens with zero attached hydrogens (tertiary/aromatic N) is 4. The van der Waals surface area contributed by atoms with Crippen LogP contribution in [0.1, 0.15) is 24.8 Å². The fourth-order valence-corrected chi connectivity index (χ4v) is 5.51. The number of imidazole rings is 1. The molecule has 1 aliphatic heterocycles. The van der Waals surface area contributed by atoms with Crippen LogP contribution >= 0.6 is 0 Å². The zero-order valence-corrected chi connectivity index (χ0v) is 20.9. The van der Waals surface area contributed by atoms with E-state index in [1.165, 1.54) is 37.0 Å². The van der Waals surface area contributed by atoms with Crippen molar-refractivity contribution >= 4 is 21.9 Å². The molecular weight excluding hydrogens is 475 g/mol. The summed E-state index contributed by atoms with van der Waals surface area (Å²) in [4.78, 5) is 15.4. The van der Waals surface area contributed by atoms with E-state index in [-0.39, 0.29) is 5.82 Å². The fraction of sp³-hybridized carbons (Fsp3) is 0.194. The van der Waals surface area contributed by atoms with E-state index < -0.39 is 0 Å². The summed E-state index contributed by atoms with van der Waals surface area (Å²) >= 11 is 0. The predicted molar refractivity (Wildman–Crippen MR) is 149 cm³/mol. The van der Waals surface area contributed by atoms with Crippen LogP contribution in [-0.4, -0.2) is 43.1 Å². The number of nitrogens with one attached hydrogen (secondary N) is 2. The molecule has 3 aromatic heterocycles. The Kier molecular flexibility index (Phi) is 5.70. The van der Waals surface area contributed by atoms with Crippen LogP contribution in [0.25, 0.3) is 55.7 Å². The number of aromatic nitrogens is 5. The van der Waals surface area contributed by atoms with Gasteiger partial charge in [0.25, 0.3) is 0 Å². The SMILES string of the molecule is Fc1cccc(-c2cccc3[nH]c(-c4n[nH]c5ccc(-c6cncc(CN7CCCCC7)c6)cc45)nc23)c1. The molecule has 0 bridgehead atoms. The molecule has 7 rings (SSSR count). The predicted octanol–water partition coefficient (Wildman–Crippen LogP) is 6.96. The molecule has 1 saturated heterocycles. The summed E-state index contributed by atoms with van der Waals surface area (Å²) in [6, 6.07) is 21.1. The van der Waals surface area contributed by atoms with Gasteiger partial charge in [-0.05, 0) is 79.0 Å². The molecular formula is C31H27FN6. The minimum atomic E-state index is -0.268. The maximum atomic E-state index is 13.9. The van der Waals surface area contributed by atoms with Crippen molar-refractivity contribution in [2.75, 3.05) is 13.1 Å². The van der Waals surface area contributed by atoms with Crippen LogP contribution in [0.15, 0.2) is 79.1 Å². The monoisotopic (exact) mass is 502 g/mol. The third-order valence-electron chi connectivity index (χ3n) is 7.42. The second kappa shape index (κ2) is 9.50. The molecule has 6 nitrogen and oxygen atoms in total. The van der Waals surface area contributed by atoms with E-state index in [4.69, 9.17) is 4.98 Å². The van der Waals surface area contributed by atoms with Gasteiger partial charge in [-0.3, -0.25) is 15.0 Å². The Bertz CT molecular complexity index is 1760. The molecule has 0 amide bonds. The number of piperidine rings is 1. The second-order valence-corrected chi connectivity index (χ2v) is 10.0. The van der Waals surface area contributed by atoms with Crippen LogP contribution in [0, 0.1) is 5.82 Å². The average molecular weight is 503 g/mol.